The lowest BCUT2D eigenvalue weighted by Crippen LogP contribution is -2.37. The van der Waals surface area contributed by atoms with E-state index in [4.69, 9.17) is 5.11 Å². The van der Waals surface area contributed by atoms with Gasteiger partial charge in [-0.1, -0.05) is 60.2 Å². The van der Waals surface area contributed by atoms with Gasteiger partial charge in [0.1, 0.15) is 0 Å². The SMILES string of the molecule is Cc1ccc(S(=O)(=O)N[C@@H]2C[C@@H](C=CCCCC(=O)O)N(Cc3ccccc3)C2)cc1. The van der Waals surface area contributed by atoms with Crippen LogP contribution in [0, 0.1) is 6.92 Å². The average Bonchev–Trinajstić information content (AvgIpc) is 3.08. The van der Waals surface area contributed by atoms with Crippen LogP contribution in [0.5, 0.6) is 0 Å². The van der Waals surface area contributed by atoms with Gasteiger partial charge in [-0.3, -0.25) is 9.69 Å². The van der Waals surface area contributed by atoms with Crippen molar-refractivity contribution >= 4 is 16.0 Å². The topological polar surface area (TPSA) is 86.7 Å². The molecule has 1 heterocycles. The van der Waals surface area contributed by atoms with E-state index in [2.05, 4.69) is 27.8 Å². The van der Waals surface area contributed by atoms with E-state index in [9.17, 15) is 13.2 Å². The zero-order chi connectivity index (χ0) is 22.3. The average molecular weight is 443 g/mol. The molecule has 2 aromatic carbocycles. The van der Waals surface area contributed by atoms with E-state index in [-0.39, 0.29) is 23.4 Å². The van der Waals surface area contributed by atoms with Gasteiger partial charge in [-0.05, 0) is 43.9 Å². The fourth-order valence-corrected chi connectivity index (χ4v) is 5.09. The number of nitrogens with zero attached hydrogens (tertiary/aromatic N) is 1. The number of unbranched alkanes of at least 4 members (excludes halogenated alkanes) is 1. The number of likely N-dealkylation sites (tertiary alicyclic amines) is 1. The van der Waals surface area contributed by atoms with Gasteiger partial charge in [-0.25, -0.2) is 13.1 Å². The number of aliphatic carboxylic acids is 1. The van der Waals surface area contributed by atoms with E-state index in [0.717, 1.165) is 12.1 Å². The van der Waals surface area contributed by atoms with Crippen molar-refractivity contribution in [3.05, 3.63) is 77.9 Å². The minimum atomic E-state index is -3.58. The van der Waals surface area contributed by atoms with Gasteiger partial charge in [-0.2, -0.15) is 0 Å². The first kappa shape index (κ1) is 23.2. The highest BCUT2D eigenvalue weighted by molar-refractivity contribution is 7.89. The third-order valence-electron chi connectivity index (χ3n) is 5.45. The van der Waals surface area contributed by atoms with Crippen LogP contribution >= 0.6 is 0 Å². The van der Waals surface area contributed by atoms with Crippen LogP contribution < -0.4 is 4.72 Å². The highest BCUT2D eigenvalue weighted by Gasteiger charge is 2.33. The van der Waals surface area contributed by atoms with Crippen molar-refractivity contribution in [2.75, 3.05) is 6.54 Å². The number of benzene rings is 2. The molecular formula is C24H30N2O4S. The molecule has 6 nitrogen and oxygen atoms in total. The Morgan fingerprint density at radius 1 is 1.16 bits per heavy atom. The molecule has 166 valence electrons. The van der Waals surface area contributed by atoms with Crippen molar-refractivity contribution in [1.82, 2.24) is 9.62 Å². The molecule has 0 unspecified atom stereocenters. The monoisotopic (exact) mass is 442 g/mol. The molecule has 0 amide bonds. The molecule has 31 heavy (non-hydrogen) atoms. The minimum Gasteiger partial charge on any atom is -0.481 e. The van der Waals surface area contributed by atoms with Crippen LogP contribution in [-0.2, 0) is 21.4 Å². The molecule has 3 rings (SSSR count). The standard InChI is InChI=1S/C24H30N2O4S/c1-19-12-14-23(15-13-19)31(29,30)25-21-16-22(10-6-3-7-11-24(27)28)26(18-21)17-20-8-4-2-5-9-20/h2,4-6,8-10,12-15,21-22,25H,3,7,11,16-18H2,1H3,(H,27,28)/t21-,22-/m1/s1. The maximum absolute atomic E-state index is 12.8. The number of sulfonamides is 1. The summed E-state index contributed by atoms with van der Waals surface area (Å²) in [5.41, 5.74) is 2.19. The van der Waals surface area contributed by atoms with E-state index in [0.29, 0.717) is 25.8 Å². The molecule has 0 bridgehead atoms. The van der Waals surface area contributed by atoms with E-state index >= 15 is 0 Å². The normalized spacial score (nSPS) is 19.8. The molecule has 2 atom stereocenters. The Labute approximate surface area is 184 Å². The fraction of sp³-hybridized carbons (Fsp3) is 0.375. The Balaban J connectivity index is 1.68. The van der Waals surface area contributed by atoms with Gasteiger partial charge in [0.2, 0.25) is 10.0 Å². The zero-order valence-corrected chi connectivity index (χ0v) is 18.6. The molecule has 1 saturated heterocycles. The minimum absolute atomic E-state index is 0.0933. The Hall–Kier alpha value is -2.48. The number of carboxylic acids is 1. The van der Waals surface area contributed by atoms with E-state index in [1.807, 2.05) is 31.2 Å². The Morgan fingerprint density at radius 3 is 2.55 bits per heavy atom. The van der Waals surface area contributed by atoms with Gasteiger partial charge in [0, 0.05) is 31.6 Å². The number of allylic oxidation sites excluding steroid dienone is 1. The summed E-state index contributed by atoms with van der Waals surface area (Å²) in [6.07, 6.45) is 6.23. The molecule has 0 spiro atoms. The van der Waals surface area contributed by atoms with E-state index in [1.54, 1.807) is 24.3 Å². The molecular weight excluding hydrogens is 412 g/mol. The molecule has 1 fully saturated rings. The molecule has 2 N–H and O–H groups in total. The van der Waals surface area contributed by atoms with Crippen LogP contribution in [0.4, 0.5) is 0 Å². The Kier molecular flexibility index (Phi) is 8.01. The molecule has 0 aliphatic carbocycles. The summed E-state index contributed by atoms with van der Waals surface area (Å²) in [5.74, 6) is -0.787. The van der Waals surface area contributed by atoms with Gasteiger partial charge in [0.15, 0.2) is 0 Å². The lowest BCUT2D eigenvalue weighted by molar-refractivity contribution is -0.137. The molecule has 1 aliphatic heterocycles. The summed E-state index contributed by atoms with van der Waals surface area (Å²) in [5, 5.41) is 8.79. The lowest BCUT2D eigenvalue weighted by Gasteiger charge is -2.22. The van der Waals surface area contributed by atoms with Gasteiger partial charge < -0.3 is 5.11 Å². The second-order valence-corrected chi connectivity index (χ2v) is 9.78. The summed E-state index contributed by atoms with van der Waals surface area (Å²) in [7, 11) is -3.58. The maximum Gasteiger partial charge on any atom is 0.303 e. The second-order valence-electron chi connectivity index (χ2n) is 8.06. The van der Waals surface area contributed by atoms with Crippen LogP contribution in [0.25, 0.3) is 0 Å². The third kappa shape index (κ3) is 7.02. The fourth-order valence-electron chi connectivity index (χ4n) is 3.85. The maximum atomic E-state index is 12.8. The smallest absolute Gasteiger partial charge is 0.303 e. The first-order valence-corrected chi connectivity index (χ1v) is 12.1. The van der Waals surface area contributed by atoms with Crippen molar-refractivity contribution < 1.29 is 18.3 Å². The quantitative estimate of drug-likeness (QED) is 0.433. The molecule has 0 saturated carbocycles. The van der Waals surface area contributed by atoms with Crippen LogP contribution in [-0.4, -0.2) is 43.0 Å². The van der Waals surface area contributed by atoms with Gasteiger partial charge in [-0.15, -0.1) is 0 Å². The zero-order valence-electron chi connectivity index (χ0n) is 17.8. The van der Waals surface area contributed by atoms with Crippen LogP contribution in [0.1, 0.15) is 36.8 Å². The highest BCUT2D eigenvalue weighted by atomic mass is 32.2. The van der Waals surface area contributed by atoms with Gasteiger partial charge in [0.05, 0.1) is 4.90 Å². The number of nitrogens with one attached hydrogen (secondary N) is 1. The van der Waals surface area contributed by atoms with E-state index < -0.39 is 16.0 Å². The van der Waals surface area contributed by atoms with Gasteiger partial charge in [0.25, 0.3) is 0 Å². The van der Waals surface area contributed by atoms with Gasteiger partial charge >= 0.3 is 5.97 Å². The lowest BCUT2D eigenvalue weighted by atomic mass is 10.1. The number of aryl methyl sites for hydroxylation is 1. The predicted molar refractivity (Wildman–Crippen MR) is 121 cm³/mol. The first-order valence-electron chi connectivity index (χ1n) is 10.6. The summed E-state index contributed by atoms with van der Waals surface area (Å²) < 4.78 is 28.5. The summed E-state index contributed by atoms with van der Waals surface area (Å²) in [6.45, 7) is 3.27. The van der Waals surface area contributed by atoms with Crippen molar-refractivity contribution in [3.63, 3.8) is 0 Å². The van der Waals surface area contributed by atoms with Crippen LogP contribution in [0.15, 0.2) is 71.6 Å². The molecule has 7 heteroatoms. The Bertz CT molecular complexity index is 988. The highest BCUT2D eigenvalue weighted by Crippen LogP contribution is 2.24. The molecule has 0 aromatic heterocycles. The number of hydrogen-bond donors (Lipinski definition) is 2. The van der Waals surface area contributed by atoms with E-state index in [1.165, 1.54) is 5.56 Å². The number of rotatable bonds is 10. The van der Waals surface area contributed by atoms with Crippen molar-refractivity contribution in [2.45, 2.75) is 56.1 Å². The molecule has 0 radical (unpaired) electrons. The summed E-state index contributed by atoms with van der Waals surface area (Å²) >= 11 is 0. The van der Waals surface area contributed by atoms with Crippen molar-refractivity contribution in [1.29, 1.82) is 0 Å². The molecule has 1 aliphatic rings. The van der Waals surface area contributed by atoms with Crippen LogP contribution in [0.3, 0.4) is 0 Å². The van der Waals surface area contributed by atoms with Crippen molar-refractivity contribution in [3.8, 4) is 0 Å². The third-order valence-corrected chi connectivity index (χ3v) is 6.99. The Morgan fingerprint density at radius 2 is 1.87 bits per heavy atom. The van der Waals surface area contributed by atoms with Crippen molar-refractivity contribution in [2.24, 2.45) is 0 Å². The summed E-state index contributed by atoms with van der Waals surface area (Å²) in [6, 6.07) is 16.9. The predicted octanol–water partition coefficient (Wildman–Crippen LogP) is 3.73. The number of carboxylic acid groups (broad SMARTS) is 1. The molecule has 2 aromatic rings. The second kappa shape index (κ2) is 10.7. The largest absolute Gasteiger partial charge is 0.481 e. The number of hydrogen-bond acceptors (Lipinski definition) is 4. The van der Waals surface area contributed by atoms with Crippen LogP contribution in [0.2, 0.25) is 0 Å². The number of carbonyl (C=O) groups is 1. The first-order chi connectivity index (χ1) is 14.8. The summed E-state index contributed by atoms with van der Waals surface area (Å²) in [4.78, 5) is 13.2.